The van der Waals surface area contributed by atoms with Gasteiger partial charge in [0.1, 0.15) is 10.6 Å². The van der Waals surface area contributed by atoms with E-state index < -0.39 is 27.8 Å². The highest BCUT2D eigenvalue weighted by Crippen LogP contribution is 2.37. The number of carbonyl (C=O) groups is 1. The summed E-state index contributed by atoms with van der Waals surface area (Å²) in [7, 11) is -1.15. The molecule has 3 rings (SSSR count). The highest BCUT2D eigenvalue weighted by molar-refractivity contribution is 7.89. The molecule has 1 N–H and O–H groups in total. The van der Waals surface area contributed by atoms with E-state index in [2.05, 4.69) is 4.72 Å². The molecular formula is C23H25F3N2O4S. The fourth-order valence-corrected chi connectivity index (χ4v) is 4.47. The number of nitrogens with zero attached hydrogens (tertiary/aromatic N) is 1. The zero-order valence-corrected chi connectivity index (χ0v) is 19.2. The van der Waals surface area contributed by atoms with Gasteiger partial charge in [0.2, 0.25) is 15.9 Å². The fourth-order valence-electron chi connectivity index (χ4n) is 3.55. The van der Waals surface area contributed by atoms with Gasteiger partial charge in [-0.05, 0) is 68.3 Å². The van der Waals surface area contributed by atoms with Gasteiger partial charge in [-0.25, -0.2) is 13.1 Å². The van der Waals surface area contributed by atoms with Crippen LogP contribution in [0, 0.1) is 0 Å². The van der Waals surface area contributed by atoms with E-state index in [1.807, 2.05) is 0 Å². The smallest absolute Gasteiger partial charge is 0.416 e. The molecule has 2 aromatic rings. The second-order valence-corrected chi connectivity index (χ2v) is 9.58. The van der Waals surface area contributed by atoms with Gasteiger partial charge in [0.15, 0.2) is 0 Å². The van der Waals surface area contributed by atoms with Crippen LogP contribution in [-0.4, -0.2) is 39.4 Å². The molecule has 0 radical (unpaired) electrons. The lowest BCUT2D eigenvalue weighted by Crippen LogP contribution is -2.34. The summed E-state index contributed by atoms with van der Waals surface area (Å²) >= 11 is 0. The number of halogens is 3. The van der Waals surface area contributed by atoms with Crippen LogP contribution in [0.4, 0.5) is 13.2 Å². The van der Waals surface area contributed by atoms with E-state index in [1.165, 1.54) is 44.5 Å². The number of nitrogens with one attached hydrogen (secondary N) is 1. The molecule has 0 spiro atoms. The van der Waals surface area contributed by atoms with Gasteiger partial charge in [-0.3, -0.25) is 4.79 Å². The van der Waals surface area contributed by atoms with Crippen LogP contribution in [0.3, 0.4) is 0 Å². The molecule has 0 aromatic heterocycles. The zero-order chi connectivity index (χ0) is 24.4. The van der Waals surface area contributed by atoms with E-state index in [0.717, 1.165) is 25.0 Å². The SMILES string of the molecule is CNS(=O)(=O)c1cc(C=CC(=O)N(C2CC2)C(C)c2cccc(C(F)(F)F)c2)ccc1OC. The quantitative estimate of drug-likeness (QED) is 0.567. The third-order valence-corrected chi connectivity index (χ3v) is 6.91. The van der Waals surface area contributed by atoms with Crippen molar-refractivity contribution in [1.82, 2.24) is 9.62 Å². The molecule has 10 heteroatoms. The lowest BCUT2D eigenvalue weighted by Gasteiger charge is -2.29. The summed E-state index contributed by atoms with van der Waals surface area (Å²) in [5, 5.41) is 0. The van der Waals surface area contributed by atoms with E-state index in [9.17, 15) is 26.4 Å². The van der Waals surface area contributed by atoms with Gasteiger partial charge in [0, 0.05) is 12.1 Å². The monoisotopic (exact) mass is 482 g/mol. The lowest BCUT2D eigenvalue weighted by atomic mass is 10.0. The molecule has 1 aliphatic rings. The summed E-state index contributed by atoms with van der Waals surface area (Å²) in [5.74, 6) is -0.207. The van der Waals surface area contributed by atoms with Crippen molar-refractivity contribution in [1.29, 1.82) is 0 Å². The van der Waals surface area contributed by atoms with Crippen molar-refractivity contribution < 1.29 is 31.1 Å². The molecule has 178 valence electrons. The molecule has 1 aliphatic carbocycles. The Morgan fingerprint density at radius 3 is 2.48 bits per heavy atom. The predicted molar refractivity (Wildman–Crippen MR) is 118 cm³/mol. The van der Waals surface area contributed by atoms with Crippen LogP contribution in [0.25, 0.3) is 6.08 Å². The normalized spacial score (nSPS) is 15.5. The molecule has 0 aliphatic heterocycles. The molecule has 33 heavy (non-hydrogen) atoms. The van der Waals surface area contributed by atoms with Crippen molar-refractivity contribution in [3.8, 4) is 5.75 Å². The summed E-state index contributed by atoms with van der Waals surface area (Å²) in [6.45, 7) is 1.70. The van der Waals surface area contributed by atoms with E-state index in [-0.39, 0.29) is 22.6 Å². The standard InChI is InChI=1S/C23H25F3N2O4S/c1-15(17-5-4-6-18(14-17)23(24,25)26)28(19-9-10-19)22(29)12-8-16-7-11-20(32-3)21(13-16)33(30,31)27-2/h4-8,11-15,19,27H,9-10H2,1-3H3. The topological polar surface area (TPSA) is 75.7 Å². The Bertz CT molecular complexity index is 1160. The van der Waals surface area contributed by atoms with Gasteiger partial charge < -0.3 is 9.64 Å². The molecule has 1 unspecified atom stereocenters. The number of hydrogen-bond donors (Lipinski definition) is 1. The van der Waals surface area contributed by atoms with Gasteiger partial charge in [-0.15, -0.1) is 0 Å². The Hall–Kier alpha value is -2.85. The minimum Gasteiger partial charge on any atom is -0.495 e. The Morgan fingerprint density at radius 1 is 1.21 bits per heavy atom. The summed E-state index contributed by atoms with van der Waals surface area (Å²) in [6.07, 6.45) is -0.138. The van der Waals surface area contributed by atoms with Gasteiger partial charge in [0.25, 0.3) is 0 Å². The van der Waals surface area contributed by atoms with Crippen LogP contribution in [0.1, 0.15) is 42.5 Å². The lowest BCUT2D eigenvalue weighted by molar-refractivity contribution is -0.137. The maximum atomic E-state index is 13.1. The van der Waals surface area contributed by atoms with Crippen molar-refractivity contribution in [2.75, 3.05) is 14.2 Å². The van der Waals surface area contributed by atoms with Crippen molar-refractivity contribution in [3.05, 3.63) is 65.2 Å². The van der Waals surface area contributed by atoms with Gasteiger partial charge in [-0.1, -0.05) is 18.2 Å². The Labute approximate surface area is 191 Å². The van der Waals surface area contributed by atoms with Crippen LogP contribution < -0.4 is 9.46 Å². The van der Waals surface area contributed by atoms with Gasteiger partial charge in [0.05, 0.1) is 18.7 Å². The number of methoxy groups -OCH3 is 1. The number of hydrogen-bond acceptors (Lipinski definition) is 4. The molecule has 1 amide bonds. The molecule has 1 fully saturated rings. The fraction of sp³-hybridized carbons (Fsp3) is 0.348. The molecule has 1 atom stereocenters. The number of ether oxygens (including phenoxy) is 1. The molecule has 6 nitrogen and oxygen atoms in total. The Morgan fingerprint density at radius 2 is 1.91 bits per heavy atom. The van der Waals surface area contributed by atoms with Crippen molar-refractivity contribution in [2.45, 2.75) is 42.9 Å². The number of rotatable bonds is 8. The molecular weight excluding hydrogens is 457 g/mol. The number of alkyl halides is 3. The van der Waals surface area contributed by atoms with Crippen LogP contribution >= 0.6 is 0 Å². The van der Waals surface area contributed by atoms with Crippen LogP contribution in [-0.2, 0) is 21.0 Å². The van der Waals surface area contributed by atoms with E-state index in [1.54, 1.807) is 24.0 Å². The third kappa shape index (κ3) is 5.75. The minimum absolute atomic E-state index is 0.0530. The van der Waals surface area contributed by atoms with E-state index in [4.69, 9.17) is 4.74 Å². The molecule has 2 aromatic carbocycles. The van der Waals surface area contributed by atoms with Gasteiger partial charge >= 0.3 is 6.18 Å². The first-order chi connectivity index (χ1) is 15.5. The second-order valence-electron chi connectivity index (χ2n) is 7.73. The Balaban J connectivity index is 1.87. The average Bonchev–Trinajstić information content (AvgIpc) is 3.62. The van der Waals surface area contributed by atoms with Gasteiger partial charge in [-0.2, -0.15) is 13.2 Å². The number of sulfonamides is 1. The van der Waals surface area contributed by atoms with Crippen molar-refractivity contribution >= 4 is 22.0 Å². The minimum atomic E-state index is -4.47. The first-order valence-corrected chi connectivity index (χ1v) is 11.8. The highest BCUT2D eigenvalue weighted by atomic mass is 32.2. The van der Waals surface area contributed by atoms with Crippen molar-refractivity contribution in [2.24, 2.45) is 0 Å². The molecule has 0 heterocycles. The molecule has 1 saturated carbocycles. The van der Waals surface area contributed by atoms with Crippen LogP contribution in [0.15, 0.2) is 53.4 Å². The van der Waals surface area contributed by atoms with E-state index in [0.29, 0.717) is 11.1 Å². The summed E-state index contributed by atoms with van der Waals surface area (Å²) in [6, 6.07) is 8.83. The number of benzene rings is 2. The van der Waals surface area contributed by atoms with E-state index >= 15 is 0 Å². The highest BCUT2D eigenvalue weighted by Gasteiger charge is 2.36. The Kier molecular flexibility index (Phi) is 7.18. The first kappa shape index (κ1) is 24.8. The van der Waals surface area contributed by atoms with Crippen LogP contribution in [0.5, 0.6) is 5.75 Å². The second kappa shape index (κ2) is 9.56. The molecule has 0 saturated heterocycles. The maximum Gasteiger partial charge on any atom is 0.416 e. The summed E-state index contributed by atoms with van der Waals surface area (Å²) in [5.41, 5.74) is 0.0906. The number of carbonyl (C=O) groups excluding carboxylic acids is 1. The zero-order valence-electron chi connectivity index (χ0n) is 18.4. The number of amides is 1. The average molecular weight is 483 g/mol. The largest absolute Gasteiger partial charge is 0.495 e. The maximum absolute atomic E-state index is 13.1. The third-order valence-electron chi connectivity index (χ3n) is 5.47. The van der Waals surface area contributed by atoms with Crippen LogP contribution in [0.2, 0.25) is 0 Å². The van der Waals surface area contributed by atoms with Crippen molar-refractivity contribution in [3.63, 3.8) is 0 Å². The predicted octanol–water partition coefficient (Wildman–Crippen LogP) is 4.39. The first-order valence-electron chi connectivity index (χ1n) is 10.3. The summed E-state index contributed by atoms with van der Waals surface area (Å²) < 4.78 is 71.2. The molecule has 0 bridgehead atoms. The summed E-state index contributed by atoms with van der Waals surface area (Å²) in [4.78, 5) is 14.5.